The van der Waals surface area contributed by atoms with Crippen LogP contribution in [0.3, 0.4) is 0 Å². The Morgan fingerprint density at radius 1 is 0.929 bits per heavy atom. The van der Waals surface area contributed by atoms with Gasteiger partial charge in [0.05, 0.1) is 7.77 Å². The van der Waals surface area contributed by atoms with Crippen LogP contribution in [0, 0.1) is 0 Å². The van der Waals surface area contributed by atoms with Gasteiger partial charge in [-0.15, -0.1) is 0 Å². The maximum absolute atomic E-state index is 12.9. The fourth-order valence-corrected chi connectivity index (χ4v) is 10.3. The molecular weight excluding hydrogens is 422 g/mol. The van der Waals surface area contributed by atoms with Crippen molar-refractivity contribution < 1.29 is 22.0 Å². The van der Waals surface area contributed by atoms with Crippen LogP contribution in [0.5, 0.6) is 0 Å². The Labute approximate surface area is 187 Å². The van der Waals surface area contributed by atoms with Crippen molar-refractivity contribution in [2.75, 3.05) is 0 Å². The van der Waals surface area contributed by atoms with Gasteiger partial charge in [0.25, 0.3) is 0 Å². The van der Waals surface area contributed by atoms with Gasteiger partial charge in [0.2, 0.25) is 0 Å². The zero-order valence-corrected chi connectivity index (χ0v) is 22.2. The van der Waals surface area contributed by atoms with Crippen molar-refractivity contribution in [3.05, 3.63) is 54.1 Å². The first kappa shape index (κ1) is 27.9. The maximum atomic E-state index is 12.9. The second-order valence-electron chi connectivity index (χ2n) is 10.2. The Morgan fingerprint density at radius 3 is 1.71 bits per heavy atom. The minimum Gasteiger partial charge on any atom is -0.630 e. The van der Waals surface area contributed by atoms with Gasteiger partial charge in [-0.2, -0.15) is 18.2 Å². The van der Waals surface area contributed by atoms with E-state index in [1.807, 2.05) is 30.3 Å². The molecule has 1 aromatic rings. The third-order valence-corrected chi connectivity index (χ3v) is 10.5. The van der Waals surface area contributed by atoms with Crippen LogP contribution in [0.4, 0.5) is 0 Å². The molecule has 4 heteroatoms. The van der Waals surface area contributed by atoms with E-state index in [9.17, 15) is 4.89 Å². The van der Waals surface area contributed by atoms with Gasteiger partial charge in [0.15, 0.2) is 0 Å². The van der Waals surface area contributed by atoms with Crippen LogP contribution in [0.25, 0.3) is 0 Å². The van der Waals surface area contributed by atoms with Crippen molar-refractivity contribution in [2.45, 2.75) is 90.4 Å². The summed E-state index contributed by atoms with van der Waals surface area (Å²) in [5.74, 6) is 0. The average molecular weight is 461 g/mol. The summed E-state index contributed by atoms with van der Waals surface area (Å²) >= 11 is 0. The molecule has 1 nitrogen and oxygen atoms in total. The molecule has 0 amide bonds. The molecule has 0 N–H and O–H groups in total. The van der Waals surface area contributed by atoms with E-state index < -0.39 is 7.77 Å². The molecule has 0 saturated heterocycles. The molecule has 158 valence electrons. The first-order valence-electron chi connectivity index (χ1n) is 9.86. The van der Waals surface area contributed by atoms with E-state index in [0.717, 1.165) is 5.29 Å². The second kappa shape index (κ2) is 10.8. The molecular formula is C24H39FeOP2+. The molecule has 0 radical (unpaired) electrons. The Kier molecular flexibility index (Phi) is 10.8. The summed E-state index contributed by atoms with van der Waals surface area (Å²) in [4.78, 5) is 12.9. The van der Waals surface area contributed by atoms with Crippen LogP contribution in [-0.4, -0.2) is 26.4 Å². The van der Waals surface area contributed by atoms with Crippen LogP contribution in [0.15, 0.2) is 54.1 Å². The van der Waals surface area contributed by atoms with E-state index in [4.69, 9.17) is 0 Å². The van der Waals surface area contributed by atoms with E-state index >= 15 is 0 Å². The maximum Gasteiger partial charge on any atom is 2.00 e. The van der Waals surface area contributed by atoms with Gasteiger partial charge in [0, 0.05) is 11.2 Å². The standard InChI is InChI=1S/C19H34OP2.C5H5.Fe/c1-14(21(17(2,3)4)18(5,6)7)15-12-11-13-16(15)22(20)19(8,9)10;1-2-4-5-3-1;/h11-14H,1-10H3;1-5H;/q;-1;+2. The summed E-state index contributed by atoms with van der Waals surface area (Å²) in [5.41, 5.74) is 1.77. The summed E-state index contributed by atoms with van der Waals surface area (Å²) in [6, 6.07) is 10.0. The molecule has 0 spiro atoms. The molecule has 28 heavy (non-hydrogen) atoms. The van der Waals surface area contributed by atoms with Crippen molar-refractivity contribution in [3.63, 3.8) is 0 Å². The minimum absolute atomic E-state index is 0. The fourth-order valence-electron chi connectivity index (χ4n) is 3.95. The Balaban J connectivity index is 0.00000105. The topological polar surface area (TPSA) is 23.1 Å². The van der Waals surface area contributed by atoms with Crippen molar-refractivity contribution in [2.24, 2.45) is 0 Å². The first-order chi connectivity index (χ1) is 12.2. The van der Waals surface area contributed by atoms with Gasteiger partial charge in [-0.25, -0.2) is 12.1 Å². The normalized spacial score (nSPS) is 17.5. The van der Waals surface area contributed by atoms with Gasteiger partial charge < -0.3 is 4.89 Å². The van der Waals surface area contributed by atoms with E-state index in [-0.39, 0.29) is 40.5 Å². The number of hydrogen-bond donors (Lipinski definition) is 0. The van der Waals surface area contributed by atoms with Crippen LogP contribution in [0.2, 0.25) is 0 Å². The van der Waals surface area contributed by atoms with Gasteiger partial charge >= 0.3 is 17.1 Å². The zero-order chi connectivity index (χ0) is 21.0. The van der Waals surface area contributed by atoms with Crippen molar-refractivity contribution >= 4 is 21.0 Å². The number of rotatable bonds is 2. The van der Waals surface area contributed by atoms with Crippen LogP contribution in [0.1, 0.15) is 69.2 Å². The molecule has 0 bridgehead atoms. The number of hydrogen-bond acceptors (Lipinski definition) is 1. The average Bonchev–Trinajstić information content (AvgIpc) is 3.16. The second-order valence-corrected chi connectivity index (χ2v) is 16.8. The quantitative estimate of drug-likeness (QED) is 0.262. The van der Waals surface area contributed by atoms with E-state index in [1.165, 1.54) is 5.57 Å². The first-order valence-corrected chi connectivity index (χ1v) is 12.5. The van der Waals surface area contributed by atoms with Crippen LogP contribution in [-0.2, 0) is 17.1 Å². The molecule has 1 aliphatic rings. The smallest absolute Gasteiger partial charge is 0.630 e. The largest absolute Gasteiger partial charge is 2.00 e. The van der Waals surface area contributed by atoms with Gasteiger partial charge in [-0.1, -0.05) is 68.5 Å². The fraction of sp³-hybridized carbons (Fsp3) is 0.583. The summed E-state index contributed by atoms with van der Waals surface area (Å²) in [6.07, 6.45) is 6.36. The molecule has 2 rings (SSSR count). The Morgan fingerprint density at radius 2 is 1.39 bits per heavy atom. The summed E-state index contributed by atoms with van der Waals surface area (Å²) < 4.78 is 0. The Bertz CT molecular complexity index is 646. The minimum atomic E-state index is -1.37. The number of allylic oxidation sites excluding steroid dienone is 4. The molecule has 1 aromatic carbocycles. The Hall–Kier alpha value is -0.0905. The monoisotopic (exact) mass is 461 g/mol. The third-order valence-electron chi connectivity index (χ3n) is 4.49. The molecule has 2 atom stereocenters. The molecule has 1 aliphatic carbocycles. The molecule has 0 heterocycles. The zero-order valence-electron chi connectivity index (χ0n) is 19.4. The van der Waals surface area contributed by atoms with Crippen molar-refractivity contribution in [1.29, 1.82) is 0 Å². The van der Waals surface area contributed by atoms with Crippen LogP contribution < -0.4 is 4.89 Å². The molecule has 0 aliphatic heterocycles. The third kappa shape index (κ3) is 7.97. The van der Waals surface area contributed by atoms with Crippen LogP contribution >= 0.6 is 15.7 Å². The van der Waals surface area contributed by atoms with Crippen molar-refractivity contribution in [3.8, 4) is 0 Å². The van der Waals surface area contributed by atoms with Gasteiger partial charge in [-0.05, 0) is 37.2 Å². The van der Waals surface area contributed by atoms with Crippen molar-refractivity contribution in [1.82, 2.24) is 0 Å². The van der Waals surface area contributed by atoms with Gasteiger partial charge in [-0.3, -0.25) is 0 Å². The summed E-state index contributed by atoms with van der Waals surface area (Å²) in [6.45, 7) is 22.7. The molecule has 2 unspecified atom stereocenters. The van der Waals surface area contributed by atoms with E-state index in [2.05, 4.69) is 87.5 Å². The SMILES string of the molecule is CC(C1=CC=CC1=[P+]([O-])C(C)(C)C)P(C(C)(C)C)C(C)(C)C.[Fe+2].c1cc[cH-]c1. The predicted molar refractivity (Wildman–Crippen MR) is 127 cm³/mol. The molecule has 0 aromatic heterocycles. The van der Waals surface area contributed by atoms with E-state index in [1.54, 1.807) is 0 Å². The predicted octanol–water partition coefficient (Wildman–Crippen LogP) is 7.08. The summed E-state index contributed by atoms with van der Waals surface area (Å²) in [5, 5.41) is 1.45. The molecule has 0 saturated carbocycles. The van der Waals surface area contributed by atoms with Gasteiger partial charge in [0.1, 0.15) is 10.4 Å². The van der Waals surface area contributed by atoms with E-state index in [0.29, 0.717) is 5.66 Å². The summed E-state index contributed by atoms with van der Waals surface area (Å²) in [7, 11) is -1.63. The molecule has 0 fully saturated rings.